The van der Waals surface area contributed by atoms with Crippen LogP contribution in [0.2, 0.25) is 0 Å². The van der Waals surface area contributed by atoms with Gasteiger partial charge in [-0.25, -0.2) is 8.78 Å². The SMILES string of the molecule is O=C(Cc1cc(F)ccc1F)C1C2CC3CC(C2)CC1C3. The molecule has 0 N–H and O–H groups in total. The molecular weight excluding hydrogens is 270 g/mol. The number of benzene rings is 1. The van der Waals surface area contributed by atoms with Crippen molar-refractivity contribution >= 4 is 5.78 Å². The summed E-state index contributed by atoms with van der Waals surface area (Å²) in [5.74, 6) is 1.95. The lowest BCUT2D eigenvalue weighted by Crippen LogP contribution is -2.48. The van der Waals surface area contributed by atoms with Crippen LogP contribution >= 0.6 is 0 Å². The number of carbonyl (C=O) groups is 1. The van der Waals surface area contributed by atoms with E-state index in [1.165, 1.54) is 38.2 Å². The Balaban J connectivity index is 1.54. The molecule has 1 nitrogen and oxygen atoms in total. The lowest BCUT2D eigenvalue weighted by molar-refractivity contribution is -0.135. The molecule has 0 unspecified atom stereocenters. The van der Waals surface area contributed by atoms with Crippen LogP contribution in [0.3, 0.4) is 0 Å². The molecule has 1 aromatic rings. The van der Waals surface area contributed by atoms with E-state index in [2.05, 4.69) is 0 Å². The lowest BCUT2D eigenvalue weighted by atomic mass is 9.51. The number of rotatable bonds is 3. The van der Waals surface area contributed by atoms with Crippen LogP contribution in [0, 0.1) is 41.2 Å². The Morgan fingerprint density at radius 2 is 1.62 bits per heavy atom. The van der Waals surface area contributed by atoms with Gasteiger partial charge in [0.25, 0.3) is 0 Å². The number of hydrogen-bond donors (Lipinski definition) is 0. The largest absolute Gasteiger partial charge is 0.299 e. The highest BCUT2D eigenvalue weighted by atomic mass is 19.1. The Bertz CT molecular complexity index is 553. The molecule has 0 spiro atoms. The highest BCUT2D eigenvalue weighted by Crippen LogP contribution is 2.56. The molecule has 0 atom stereocenters. The Labute approximate surface area is 123 Å². The van der Waals surface area contributed by atoms with Gasteiger partial charge in [-0.1, -0.05) is 0 Å². The zero-order valence-electron chi connectivity index (χ0n) is 12.0. The average molecular weight is 290 g/mol. The van der Waals surface area contributed by atoms with E-state index in [-0.39, 0.29) is 23.7 Å². The van der Waals surface area contributed by atoms with Crippen molar-refractivity contribution in [2.75, 3.05) is 0 Å². The van der Waals surface area contributed by atoms with Crippen molar-refractivity contribution in [1.29, 1.82) is 0 Å². The molecule has 4 fully saturated rings. The lowest BCUT2D eigenvalue weighted by Gasteiger charge is -2.53. The second kappa shape index (κ2) is 4.89. The van der Waals surface area contributed by atoms with Crippen LogP contribution in [-0.4, -0.2) is 5.78 Å². The third-order valence-corrected chi connectivity index (χ3v) is 5.97. The quantitative estimate of drug-likeness (QED) is 0.817. The summed E-state index contributed by atoms with van der Waals surface area (Å²) in [6, 6.07) is 3.39. The molecule has 0 radical (unpaired) electrons. The maximum absolute atomic E-state index is 13.7. The van der Waals surface area contributed by atoms with E-state index in [4.69, 9.17) is 0 Å². The van der Waals surface area contributed by atoms with E-state index in [9.17, 15) is 13.6 Å². The molecule has 5 rings (SSSR count). The Hall–Kier alpha value is -1.25. The number of halogens is 2. The minimum Gasteiger partial charge on any atom is -0.299 e. The summed E-state index contributed by atoms with van der Waals surface area (Å²) in [7, 11) is 0. The summed E-state index contributed by atoms with van der Waals surface area (Å²) >= 11 is 0. The Kier molecular flexibility index (Phi) is 3.13. The molecule has 1 aromatic carbocycles. The molecule has 4 bridgehead atoms. The predicted octanol–water partition coefficient (Wildman–Crippen LogP) is 4.15. The molecule has 3 heteroatoms. The van der Waals surface area contributed by atoms with E-state index in [0.29, 0.717) is 11.8 Å². The first kappa shape index (κ1) is 13.4. The van der Waals surface area contributed by atoms with Gasteiger partial charge in [-0.05, 0) is 79.5 Å². The standard InChI is InChI=1S/C18H20F2O/c19-15-1-2-16(20)12(8-15)9-17(21)18-13-4-10-3-11(6-13)7-14(18)5-10/h1-2,8,10-11,13-14,18H,3-7,9H2. The summed E-state index contributed by atoms with van der Waals surface area (Å²) in [5, 5.41) is 0. The fourth-order valence-electron chi connectivity index (χ4n) is 5.44. The highest BCUT2D eigenvalue weighted by Gasteiger charge is 2.50. The molecule has 4 aliphatic carbocycles. The van der Waals surface area contributed by atoms with Crippen molar-refractivity contribution in [3.63, 3.8) is 0 Å². The number of Topliss-reactive ketones (excluding diaryl/α,β-unsaturated/α-hetero) is 1. The maximum Gasteiger partial charge on any atom is 0.140 e. The van der Waals surface area contributed by atoms with E-state index in [0.717, 1.165) is 24.0 Å². The maximum atomic E-state index is 13.7. The average Bonchev–Trinajstić information content (AvgIpc) is 2.41. The van der Waals surface area contributed by atoms with Crippen molar-refractivity contribution in [1.82, 2.24) is 0 Å². The van der Waals surface area contributed by atoms with Crippen LogP contribution in [-0.2, 0) is 11.2 Å². The first-order chi connectivity index (χ1) is 10.1. The highest BCUT2D eigenvalue weighted by molar-refractivity contribution is 5.84. The van der Waals surface area contributed by atoms with Gasteiger partial charge in [0.15, 0.2) is 0 Å². The molecule has 4 saturated carbocycles. The summed E-state index contributed by atoms with van der Waals surface area (Å²) in [4.78, 5) is 12.7. The van der Waals surface area contributed by atoms with Crippen molar-refractivity contribution in [2.45, 2.75) is 38.5 Å². The smallest absolute Gasteiger partial charge is 0.140 e. The van der Waals surface area contributed by atoms with Crippen LogP contribution in [0.15, 0.2) is 18.2 Å². The van der Waals surface area contributed by atoms with Crippen LogP contribution < -0.4 is 0 Å². The summed E-state index contributed by atoms with van der Waals surface area (Å²) in [6.45, 7) is 0. The minimum atomic E-state index is -0.468. The molecule has 0 aromatic heterocycles. The molecule has 4 aliphatic rings. The molecule has 112 valence electrons. The van der Waals surface area contributed by atoms with E-state index in [1.54, 1.807) is 0 Å². The minimum absolute atomic E-state index is 0.0522. The first-order valence-electron chi connectivity index (χ1n) is 8.07. The summed E-state index contributed by atoms with van der Waals surface area (Å²) < 4.78 is 27.0. The van der Waals surface area contributed by atoms with E-state index < -0.39 is 11.6 Å². The van der Waals surface area contributed by atoms with Gasteiger partial charge in [-0.15, -0.1) is 0 Å². The van der Waals surface area contributed by atoms with Gasteiger partial charge in [0.05, 0.1) is 0 Å². The van der Waals surface area contributed by atoms with Crippen molar-refractivity contribution in [2.24, 2.45) is 29.6 Å². The van der Waals surface area contributed by atoms with Gasteiger partial charge in [0.2, 0.25) is 0 Å². The third-order valence-electron chi connectivity index (χ3n) is 5.97. The fourth-order valence-corrected chi connectivity index (χ4v) is 5.44. The van der Waals surface area contributed by atoms with Crippen LogP contribution in [0.1, 0.15) is 37.7 Å². The number of hydrogen-bond acceptors (Lipinski definition) is 1. The summed E-state index contributed by atoms with van der Waals surface area (Å²) in [6.07, 6.45) is 6.11. The van der Waals surface area contributed by atoms with Crippen molar-refractivity contribution in [3.05, 3.63) is 35.4 Å². The van der Waals surface area contributed by atoms with Gasteiger partial charge < -0.3 is 0 Å². The zero-order chi connectivity index (χ0) is 14.6. The molecule has 21 heavy (non-hydrogen) atoms. The van der Waals surface area contributed by atoms with Crippen LogP contribution in [0.5, 0.6) is 0 Å². The Morgan fingerprint density at radius 3 is 2.24 bits per heavy atom. The van der Waals surface area contributed by atoms with Crippen LogP contribution in [0.25, 0.3) is 0 Å². The third kappa shape index (κ3) is 2.31. The molecule has 0 amide bonds. The van der Waals surface area contributed by atoms with Crippen molar-refractivity contribution < 1.29 is 13.6 Å². The normalized spacial score (nSPS) is 37.0. The van der Waals surface area contributed by atoms with Gasteiger partial charge in [0, 0.05) is 12.3 Å². The number of ketones is 1. The topological polar surface area (TPSA) is 17.1 Å². The second-order valence-corrected chi connectivity index (χ2v) is 7.34. The van der Waals surface area contributed by atoms with Gasteiger partial charge >= 0.3 is 0 Å². The molecule has 0 saturated heterocycles. The number of carbonyl (C=O) groups excluding carboxylic acids is 1. The zero-order valence-corrected chi connectivity index (χ0v) is 12.0. The fraction of sp³-hybridized carbons (Fsp3) is 0.611. The molecule has 0 aliphatic heterocycles. The van der Waals surface area contributed by atoms with E-state index in [1.807, 2.05) is 0 Å². The van der Waals surface area contributed by atoms with E-state index >= 15 is 0 Å². The van der Waals surface area contributed by atoms with Gasteiger partial charge in [-0.3, -0.25) is 4.79 Å². The second-order valence-electron chi connectivity index (χ2n) is 7.34. The predicted molar refractivity (Wildman–Crippen MR) is 75.6 cm³/mol. The molecular formula is C18H20F2O. The Morgan fingerprint density at radius 1 is 1.00 bits per heavy atom. The van der Waals surface area contributed by atoms with Gasteiger partial charge in [0.1, 0.15) is 17.4 Å². The van der Waals surface area contributed by atoms with Gasteiger partial charge in [-0.2, -0.15) is 0 Å². The van der Waals surface area contributed by atoms with Crippen molar-refractivity contribution in [3.8, 4) is 0 Å². The van der Waals surface area contributed by atoms with Crippen LogP contribution in [0.4, 0.5) is 8.78 Å². The monoisotopic (exact) mass is 290 g/mol. The molecule has 0 heterocycles. The summed E-state index contributed by atoms with van der Waals surface area (Å²) in [5.41, 5.74) is 0.216. The first-order valence-corrected chi connectivity index (χ1v) is 8.07.